The van der Waals surface area contributed by atoms with E-state index < -0.39 is 0 Å². The lowest BCUT2D eigenvalue weighted by atomic mass is 10.0. The largest absolute Gasteiger partial charge is 0.316 e. The molecule has 1 nitrogen and oxygen atoms in total. The molecule has 0 rings (SSSR count). The van der Waals surface area contributed by atoms with Crippen LogP contribution in [0.25, 0.3) is 0 Å². The van der Waals surface area contributed by atoms with E-state index in [4.69, 9.17) is 0 Å². The molecule has 26 heavy (non-hydrogen) atoms. The molecule has 0 fully saturated rings. The fourth-order valence-electron chi connectivity index (χ4n) is 2.83. The van der Waals surface area contributed by atoms with Gasteiger partial charge >= 0.3 is 0 Å². The Morgan fingerprint density at radius 2 is 1.69 bits per heavy atom. The molecule has 0 aromatic rings. The quantitative estimate of drug-likeness (QED) is 0.150. The summed E-state index contributed by atoms with van der Waals surface area (Å²) in [5.74, 6) is 6.85. The van der Waals surface area contributed by atoms with Crippen LogP contribution in [-0.2, 0) is 0 Å². The highest BCUT2D eigenvalue weighted by Crippen LogP contribution is 2.13. The second-order valence-electron chi connectivity index (χ2n) is 8.02. The molecular formula is C25H43N. The average Bonchev–Trinajstić information content (AvgIpc) is 2.57. The van der Waals surface area contributed by atoms with Crippen LogP contribution >= 0.6 is 0 Å². The first-order valence-corrected chi connectivity index (χ1v) is 10.6. The first-order chi connectivity index (χ1) is 12.5. The molecule has 0 radical (unpaired) electrons. The average molecular weight is 358 g/mol. The SMILES string of the molecule is CC#C/C=C(\C=C(C)C)CCCCCCNCC/C(C)=C/CCC(C)C. The second kappa shape index (κ2) is 17.2. The maximum Gasteiger partial charge on any atom is -0.00117 e. The maximum atomic E-state index is 3.59. The smallest absolute Gasteiger partial charge is 0.00117 e. The zero-order valence-electron chi connectivity index (χ0n) is 18.4. The Morgan fingerprint density at radius 1 is 0.962 bits per heavy atom. The van der Waals surface area contributed by atoms with Gasteiger partial charge in [-0.3, -0.25) is 0 Å². The van der Waals surface area contributed by atoms with Gasteiger partial charge in [-0.25, -0.2) is 0 Å². The van der Waals surface area contributed by atoms with Gasteiger partial charge in [-0.1, -0.05) is 55.9 Å². The Labute approximate surface area is 164 Å². The van der Waals surface area contributed by atoms with Crippen LogP contribution in [0.4, 0.5) is 0 Å². The lowest BCUT2D eigenvalue weighted by Gasteiger charge is -2.07. The lowest BCUT2D eigenvalue weighted by molar-refractivity contribution is 0.583. The Kier molecular flexibility index (Phi) is 16.3. The third-order valence-electron chi connectivity index (χ3n) is 4.38. The molecule has 0 bridgehead atoms. The topological polar surface area (TPSA) is 12.0 Å². The highest BCUT2D eigenvalue weighted by Gasteiger charge is 1.96. The Morgan fingerprint density at radius 3 is 2.35 bits per heavy atom. The summed E-state index contributed by atoms with van der Waals surface area (Å²) in [5.41, 5.74) is 4.26. The van der Waals surface area contributed by atoms with E-state index in [9.17, 15) is 0 Å². The van der Waals surface area contributed by atoms with Crippen molar-refractivity contribution in [1.29, 1.82) is 0 Å². The molecule has 0 heterocycles. The van der Waals surface area contributed by atoms with Crippen molar-refractivity contribution in [3.8, 4) is 11.8 Å². The molecular weight excluding hydrogens is 314 g/mol. The summed E-state index contributed by atoms with van der Waals surface area (Å²) in [6.07, 6.45) is 16.8. The standard InChI is InChI=1S/C25H43N/c1-7-8-16-25(21-23(4)5)17-11-9-10-12-19-26-20-18-24(6)15-13-14-22(2)3/h15-16,21-22,26H,9-14,17-20H2,1-6H3/b24-15+,25-16-. The van der Waals surface area contributed by atoms with Gasteiger partial charge < -0.3 is 5.32 Å². The Bertz CT molecular complexity index is 490. The zero-order valence-corrected chi connectivity index (χ0v) is 18.4. The minimum absolute atomic E-state index is 0.810. The first-order valence-electron chi connectivity index (χ1n) is 10.6. The zero-order chi connectivity index (χ0) is 19.6. The molecule has 0 aliphatic heterocycles. The van der Waals surface area contributed by atoms with Crippen LogP contribution in [0.3, 0.4) is 0 Å². The molecule has 0 aromatic carbocycles. The highest BCUT2D eigenvalue weighted by atomic mass is 14.8. The summed E-state index contributed by atoms with van der Waals surface area (Å²) < 4.78 is 0. The van der Waals surface area contributed by atoms with Crippen LogP contribution in [0.5, 0.6) is 0 Å². The summed E-state index contributed by atoms with van der Waals surface area (Å²) in [4.78, 5) is 0. The molecule has 0 spiro atoms. The van der Waals surface area contributed by atoms with E-state index in [-0.39, 0.29) is 0 Å². The molecule has 0 atom stereocenters. The number of unbranched alkanes of at least 4 members (excludes halogenated alkanes) is 3. The van der Waals surface area contributed by atoms with E-state index in [1.165, 1.54) is 61.7 Å². The summed E-state index contributed by atoms with van der Waals surface area (Å²) in [6, 6.07) is 0. The minimum Gasteiger partial charge on any atom is -0.316 e. The van der Waals surface area contributed by atoms with Crippen molar-refractivity contribution in [2.75, 3.05) is 13.1 Å². The molecule has 0 amide bonds. The van der Waals surface area contributed by atoms with Gasteiger partial charge in [0.2, 0.25) is 0 Å². The van der Waals surface area contributed by atoms with Crippen LogP contribution < -0.4 is 5.32 Å². The van der Waals surface area contributed by atoms with Gasteiger partial charge in [0.15, 0.2) is 0 Å². The van der Waals surface area contributed by atoms with Gasteiger partial charge in [-0.2, -0.15) is 0 Å². The molecule has 148 valence electrons. The summed E-state index contributed by atoms with van der Waals surface area (Å²) in [7, 11) is 0. The van der Waals surface area contributed by atoms with Gasteiger partial charge in [-0.05, 0) is 96.9 Å². The fraction of sp³-hybridized carbons (Fsp3) is 0.680. The molecule has 1 N–H and O–H groups in total. The van der Waals surface area contributed by atoms with Crippen LogP contribution in [0, 0.1) is 17.8 Å². The van der Waals surface area contributed by atoms with E-state index >= 15 is 0 Å². The van der Waals surface area contributed by atoms with E-state index in [2.05, 4.69) is 70.0 Å². The molecule has 0 aliphatic carbocycles. The number of hydrogen-bond donors (Lipinski definition) is 1. The lowest BCUT2D eigenvalue weighted by Crippen LogP contribution is -2.16. The molecule has 0 unspecified atom stereocenters. The summed E-state index contributed by atoms with van der Waals surface area (Å²) >= 11 is 0. The van der Waals surface area contributed by atoms with Crippen molar-refractivity contribution in [3.05, 3.63) is 34.9 Å². The van der Waals surface area contributed by atoms with E-state index in [0.717, 1.165) is 25.4 Å². The summed E-state index contributed by atoms with van der Waals surface area (Å²) in [6.45, 7) is 15.3. The monoisotopic (exact) mass is 357 g/mol. The number of allylic oxidation sites excluding steroid dienone is 5. The summed E-state index contributed by atoms with van der Waals surface area (Å²) in [5, 5.41) is 3.59. The van der Waals surface area contributed by atoms with Crippen molar-refractivity contribution >= 4 is 0 Å². The number of rotatable bonds is 14. The minimum atomic E-state index is 0.810. The van der Waals surface area contributed by atoms with Crippen LogP contribution in [0.1, 0.15) is 92.9 Å². The Hall–Kier alpha value is -1.26. The number of nitrogens with one attached hydrogen (secondary N) is 1. The normalized spacial score (nSPS) is 12.1. The van der Waals surface area contributed by atoms with Gasteiger partial charge in [-0.15, -0.1) is 5.92 Å². The van der Waals surface area contributed by atoms with E-state index in [1.54, 1.807) is 0 Å². The van der Waals surface area contributed by atoms with Crippen LogP contribution in [-0.4, -0.2) is 13.1 Å². The predicted octanol–water partition coefficient (Wildman–Crippen LogP) is 7.22. The third-order valence-corrected chi connectivity index (χ3v) is 4.38. The van der Waals surface area contributed by atoms with Crippen molar-refractivity contribution in [2.45, 2.75) is 92.9 Å². The second-order valence-corrected chi connectivity index (χ2v) is 8.02. The van der Waals surface area contributed by atoms with Gasteiger partial charge in [0.05, 0.1) is 0 Å². The first kappa shape index (κ1) is 24.7. The van der Waals surface area contributed by atoms with Crippen molar-refractivity contribution in [1.82, 2.24) is 5.32 Å². The van der Waals surface area contributed by atoms with Gasteiger partial charge in [0.1, 0.15) is 0 Å². The van der Waals surface area contributed by atoms with Crippen molar-refractivity contribution in [2.24, 2.45) is 5.92 Å². The molecule has 0 aromatic heterocycles. The van der Waals surface area contributed by atoms with Crippen molar-refractivity contribution in [3.63, 3.8) is 0 Å². The Balaban J connectivity index is 3.69. The van der Waals surface area contributed by atoms with Crippen LogP contribution in [0.15, 0.2) is 34.9 Å². The fourth-order valence-corrected chi connectivity index (χ4v) is 2.83. The third kappa shape index (κ3) is 17.6. The molecule has 0 saturated carbocycles. The van der Waals surface area contributed by atoms with Crippen molar-refractivity contribution < 1.29 is 0 Å². The van der Waals surface area contributed by atoms with Gasteiger partial charge in [0.25, 0.3) is 0 Å². The maximum absolute atomic E-state index is 3.59. The molecule has 1 heteroatoms. The van der Waals surface area contributed by atoms with Crippen LogP contribution in [0.2, 0.25) is 0 Å². The predicted molar refractivity (Wildman–Crippen MR) is 119 cm³/mol. The van der Waals surface area contributed by atoms with E-state index in [0.29, 0.717) is 0 Å². The van der Waals surface area contributed by atoms with Gasteiger partial charge in [0, 0.05) is 0 Å². The highest BCUT2D eigenvalue weighted by molar-refractivity contribution is 5.30. The molecule has 0 saturated heterocycles. The number of hydrogen-bond acceptors (Lipinski definition) is 1. The van der Waals surface area contributed by atoms with E-state index in [1.807, 2.05) is 6.92 Å². The molecule has 0 aliphatic rings.